The van der Waals surface area contributed by atoms with E-state index in [9.17, 15) is 22.8 Å². The molecule has 3 amide bonds. The highest BCUT2D eigenvalue weighted by molar-refractivity contribution is 7.91. The number of rotatable bonds is 10. The van der Waals surface area contributed by atoms with Gasteiger partial charge in [0.1, 0.15) is 35.6 Å². The average Bonchev–Trinajstić information content (AvgIpc) is 4.21. The zero-order valence-electron chi connectivity index (χ0n) is 35.3. The minimum atomic E-state index is -3.91. The van der Waals surface area contributed by atoms with E-state index >= 15 is 4.79 Å². The van der Waals surface area contributed by atoms with Gasteiger partial charge in [0.2, 0.25) is 27.7 Å². The first kappa shape index (κ1) is 42.1. The summed E-state index contributed by atoms with van der Waals surface area (Å²) in [5.74, 6) is -2.34. The number of aromatic nitrogens is 1. The Labute approximate surface area is 363 Å². The molecular weight excluding hydrogens is 809 g/mol. The van der Waals surface area contributed by atoms with E-state index in [2.05, 4.69) is 28.8 Å². The number of ether oxygens (including phenoxy) is 3. The molecule has 0 radical (unpaired) electrons. The second-order valence-electron chi connectivity index (χ2n) is 18.5. The van der Waals surface area contributed by atoms with Crippen molar-refractivity contribution in [3.63, 3.8) is 0 Å². The summed E-state index contributed by atoms with van der Waals surface area (Å²) in [5, 5.41) is 3.08. The Bertz CT molecular complexity index is 2400. The lowest BCUT2D eigenvalue weighted by molar-refractivity contribution is -0.157. The Morgan fingerprint density at radius 1 is 1.00 bits per heavy atom. The zero-order valence-corrected chi connectivity index (χ0v) is 36.1. The minimum Gasteiger partial charge on any atom is -0.488 e. The Morgan fingerprint density at radius 2 is 1.76 bits per heavy atom. The highest BCUT2D eigenvalue weighted by Gasteiger charge is 2.62. The van der Waals surface area contributed by atoms with Gasteiger partial charge in [-0.3, -0.25) is 23.9 Å². The third kappa shape index (κ3) is 8.59. The summed E-state index contributed by atoms with van der Waals surface area (Å²) in [6.07, 6.45) is 12.3. The standard InChI is InChI=1S/C48H56N4O9S/c1-3-32-27-48(32,46(56)51-62(57,58)35-22-23-35)50-43(54)40-24-34-28-52(40)45(55)38(31-16-10-11-17-31)25-41(53)61-47(2)26-33(47)18-8-5-9-20-37-42(59-29-30-14-6-4-7-15-30)36-19-12-13-21-39(36)49-44(37)60-34/h3-7,9,12-15,19,21,31-35,38,40H,1,8,10-11,16-18,20,22-29H2,2H3,(H,50,54)(H,51,56)/b9-5+/t32-,33?,34-,38+,40+,47-,48-/m1/s1. The van der Waals surface area contributed by atoms with Gasteiger partial charge in [-0.1, -0.05) is 73.5 Å². The number of carbonyl (C=O) groups excluding carboxylic acids is 4. The molecule has 3 heterocycles. The molecule has 1 saturated heterocycles. The third-order valence-corrected chi connectivity index (χ3v) is 15.9. The van der Waals surface area contributed by atoms with Crippen LogP contribution in [0, 0.1) is 23.7 Å². The van der Waals surface area contributed by atoms with Crippen LogP contribution in [0.15, 0.2) is 79.4 Å². The second-order valence-corrected chi connectivity index (χ2v) is 20.4. The number of para-hydroxylation sites is 1. The third-order valence-electron chi connectivity index (χ3n) is 14.0. The van der Waals surface area contributed by atoms with Crippen molar-refractivity contribution in [2.45, 2.75) is 126 Å². The van der Waals surface area contributed by atoms with Gasteiger partial charge in [0.15, 0.2) is 0 Å². The van der Waals surface area contributed by atoms with E-state index in [1.807, 2.05) is 61.5 Å². The molecule has 13 nitrogen and oxygen atoms in total. The lowest BCUT2D eigenvalue weighted by Crippen LogP contribution is -2.57. The molecule has 3 aromatic rings. The first-order chi connectivity index (χ1) is 29.9. The van der Waals surface area contributed by atoms with Crippen molar-refractivity contribution in [1.82, 2.24) is 19.9 Å². The van der Waals surface area contributed by atoms with Gasteiger partial charge in [0, 0.05) is 23.6 Å². The summed E-state index contributed by atoms with van der Waals surface area (Å²) in [7, 11) is -3.91. The fraction of sp³-hybridized carbons (Fsp3) is 0.521. The van der Waals surface area contributed by atoms with Crippen LogP contribution in [0.1, 0.15) is 95.1 Å². The largest absolute Gasteiger partial charge is 0.488 e. The van der Waals surface area contributed by atoms with Crippen molar-refractivity contribution in [2.24, 2.45) is 23.7 Å². The van der Waals surface area contributed by atoms with Crippen LogP contribution < -0.4 is 19.5 Å². The van der Waals surface area contributed by atoms with Crippen LogP contribution in [0.5, 0.6) is 11.6 Å². The molecule has 7 atom stereocenters. The van der Waals surface area contributed by atoms with Crippen LogP contribution >= 0.6 is 0 Å². The summed E-state index contributed by atoms with van der Waals surface area (Å²) >= 11 is 0. The number of sulfonamides is 1. The molecule has 62 heavy (non-hydrogen) atoms. The van der Waals surface area contributed by atoms with Crippen LogP contribution in [-0.2, 0) is 47.0 Å². The maximum Gasteiger partial charge on any atom is 0.307 e. The van der Waals surface area contributed by atoms with Gasteiger partial charge in [-0.25, -0.2) is 13.4 Å². The van der Waals surface area contributed by atoms with Crippen LogP contribution in [0.3, 0.4) is 0 Å². The monoisotopic (exact) mass is 864 g/mol. The number of amides is 3. The van der Waals surface area contributed by atoms with Gasteiger partial charge in [0.25, 0.3) is 5.91 Å². The van der Waals surface area contributed by atoms with E-state index in [4.69, 9.17) is 19.2 Å². The summed E-state index contributed by atoms with van der Waals surface area (Å²) in [6, 6.07) is 16.5. The van der Waals surface area contributed by atoms with Gasteiger partial charge in [-0.05, 0) is 88.3 Å². The summed E-state index contributed by atoms with van der Waals surface area (Å²) in [4.78, 5) is 63.8. The SMILES string of the molecule is C=C[C@@H]1C[C@]1(NC(=O)[C@@H]1C[C@@H]2CN1C(=O)[C@H](C1CCCC1)CC(=O)O[C@]1(C)CC1CC/C=C/Cc1c(nc3ccccc3c1OCc1ccccc1)O2)C(=O)NS(=O)(=O)C1CC1. The van der Waals surface area contributed by atoms with Crippen molar-refractivity contribution in [3.8, 4) is 11.6 Å². The molecule has 0 spiro atoms. The maximum absolute atomic E-state index is 15.1. The van der Waals surface area contributed by atoms with Crippen LogP contribution in [0.2, 0.25) is 0 Å². The number of benzene rings is 2. The molecule has 2 N–H and O–H groups in total. The minimum absolute atomic E-state index is 0.0130. The van der Waals surface area contributed by atoms with Gasteiger partial charge < -0.3 is 24.4 Å². The Kier molecular flexibility index (Phi) is 11.4. The fourth-order valence-corrected chi connectivity index (χ4v) is 11.4. The number of hydrogen-bond acceptors (Lipinski definition) is 10. The quantitative estimate of drug-likeness (QED) is 0.176. The summed E-state index contributed by atoms with van der Waals surface area (Å²) < 4.78 is 47.6. The smallest absolute Gasteiger partial charge is 0.307 e. The lowest BCUT2D eigenvalue weighted by Gasteiger charge is -2.31. The molecule has 2 aliphatic heterocycles. The van der Waals surface area contributed by atoms with Gasteiger partial charge in [-0.15, -0.1) is 6.58 Å². The molecule has 9 rings (SSSR count). The molecule has 4 saturated carbocycles. The summed E-state index contributed by atoms with van der Waals surface area (Å²) in [5.41, 5.74) is 0.239. The molecule has 6 aliphatic rings. The van der Waals surface area contributed by atoms with E-state index in [0.717, 1.165) is 61.5 Å². The van der Waals surface area contributed by atoms with Crippen molar-refractivity contribution in [3.05, 3.63) is 90.5 Å². The van der Waals surface area contributed by atoms with E-state index in [1.54, 1.807) is 0 Å². The molecule has 2 bridgehead atoms. The number of carbonyl (C=O) groups is 4. The number of nitrogens with one attached hydrogen (secondary N) is 2. The number of esters is 1. The van der Waals surface area contributed by atoms with Crippen molar-refractivity contribution >= 4 is 44.6 Å². The maximum atomic E-state index is 15.1. The van der Waals surface area contributed by atoms with Crippen molar-refractivity contribution < 1.29 is 41.8 Å². The first-order valence-electron chi connectivity index (χ1n) is 22.3. The van der Waals surface area contributed by atoms with Crippen LogP contribution in [0.25, 0.3) is 10.9 Å². The first-order valence-corrected chi connectivity index (χ1v) is 23.8. The van der Waals surface area contributed by atoms with Gasteiger partial charge in [-0.2, -0.15) is 0 Å². The van der Waals surface area contributed by atoms with Crippen LogP contribution in [0.4, 0.5) is 0 Å². The topological polar surface area (TPSA) is 170 Å². The molecule has 4 aliphatic carbocycles. The van der Waals surface area contributed by atoms with Crippen LogP contribution in [-0.4, -0.2) is 77.1 Å². The van der Waals surface area contributed by atoms with E-state index in [0.29, 0.717) is 43.0 Å². The Morgan fingerprint density at radius 3 is 2.50 bits per heavy atom. The Balaban J connectivity index is 1.08. The molecular formula is C48H56N4O9S. The number of hydrogen-bond donors (Lipinski definition) is 2. The predicted octanol–water partition coefficient (Wildman–Crippen LogP) is 6.24. The lowest BCUT2D eigenvalue weighted by atomic mass is 9.86. The number of allylic oxidation sites excluding steroid dienone is 2. The normalized spacial score (nSPS) is 30.7. The number of pyridine rings is 1. The predicted molar refractivity (Wildman–Crippen MR) is 231 cm³/mol. The van der Waals surface area contributed by atoms with Crippen molar-refractivity contribution in [1.29, 1.82) is 0 Å². The molecule has 328 valence electrons. The van der Waals surface area contributed by atoms with E-state index in [1.165, 1.54) is 11.0 Å². The fourth-order valence-electron chi connectivity index (χ4n) is 10.0. The summed E-state index contributed by atoms with van der Waals surface area (Å²) in [6.45, 7) is 6.13. The number of nitrogens with zero attached hydrogens (tertiary/aromatic N) is 2. The van der Waals surface area contributed by atoms with E-state index in [-0.39, 0.29) is 43.6 Å². The molecule has 2 aromatic carbocycles. The Hall–Kier alpha value is -5.24. The molecule has 14 heteroatoms. The van der Waals surface area contributed by atoms with Gasteiger partial charge in [0.05, 0.1) is 35.2 Å². The van der Waals surface area contributed by atoms with E-state index < -0.39 is 68.2 Å². The molecule has 1 unspecified atom stereocenters. The van der Waals surface area contributed by atoms with Gasteiger partial charge >= 0.3 is 5.97 Å². The second kappa shape index (κ2) is 16.8. The molecule has 5 fully saturated rings. The highest BCUT2D eigenvalue weighted by Crippen LogP contribution is 2.50. The number of fused-ring (bicyclic) bond motifs is 5. The zero-order chi connectivity index (χ0) is 43.2. The highest BCUT2D eigenvalue weighted by atomic mass is 32.2. The molecule has 1 aromatic heterocycles. The average molecular weight is 865 g/mol. The van der Waals surface area contributed by atoms with Crippen molar-refractivity contribution in [2.75, 3.05) is 6.54 Å².